The number of amides is 1. The van der Waals surface area contributed by atoms with Gasteiger partial charge in [0.25, 0.3) is 0 Å². The minimum atomic E-state index is -0.973. The second-order valence-electron chi connectivity index (χ2n) is 15.3. The standard InChI is InChI=1S/C39H39F4N5O3/c1-5-26-29(41)13-10-22-8-6-9-27(31(22)26)32-30(42)16-28-34(33(32)43)44-36(50-21-39-14-7-15-47(39)18-23(40)17-39)45-35(28)46-19-24-11-12-25(20-46)48(24)37(49)51-38(2,3)4/h1,6,8-10,13,16,23-25H,7,11-12,14-15,17-21H2,2-4H3/t23-,24?,25?,39+/m1/s1. The smallest absolute Gasteiger partial charge is 0.410 e. The van der Waals surface area contributed by atoms with Crippen LogP contribution in [0.4, 0.5) is 28.2 Å². The molecule has 4 fully saturated rings. The molecule has 0 radical (unpaired) electrons. The zero-order chi connectivity index (χ0) is 35.8. The molecule has 4 aromatic rings. The third-order valence-electron chi connectivity index (χ3n) is 10.9. The van der Waals surface area contributed by atoms with Gasteiger partial charge >= 0.3 is 12.1 Å². The zero-order valence-corrected chi connectivity index (χ0v) is 28.8. The number of nitrogens with zero attached hydrogens (tertiary/aromatic N) is 5. The summed E-state index contributed by atoms with van der Waals surface area (Å²) in [5.74, 6) is 0.0696. The van der Waals surface area contributed by atoms with Crippen LogP contribution in [0.25, 0.3) is 32.8 Å². The lowest BCUT2D eigenvalue weighted by Gasteiger charge is -2.42. The molecule has 0 aliphatic carbocycles. The van der Waals surface area contributed by atoms with Gasteiger partial charge in [0, 0.05) is 36.8 Å². The molecule has 2 bridgehead atoms. The van der Waals surface area contributed by atoms with Crippen molar-refractivity contribution >= 4 is 33.6 Å². The fourth-order valence-electron chi connectivity index (χ4n) is 8.75. The molecule has 1 aromatic heterocycles. The first kappa shape index (κ1) is 33.5. The van der Waals surface area contributed by atoms with Gasteiger partial charge in [0.1, 0.15) is 41.3 Å². The Bertz CT molecular complexity index is 2100. The highest BCUT2D eigenvalue weighted by Gasteiger charge is 2.50. The largest absolute Gasteiger partial charge is 0.461 e. The highest BCUT2D eigenvalue weighted by Crippen LogP contribution is 2.43. The molecule has 51 heavy (non-hydrogen) atoms. The number of benzene rings is 3. The van der Waals surface area contributed by atoms with Crippen molar-refractivity contribution in [2.45, 2.75) is 82.3 Å². The molecule has 2 unspecified atom stereocenters. The van der Waals surface area contributed by atoms with Gasteiger partial charge in [0.2, 0.25) is 0 Å². The third-order valence-corrected chi connectivity index (χ3v) is 10.9. The number of rotatable bonds is 5. The summed E-state index contributed by atoms with van der Waals surface area (Å²) in [5.41, 5.74) is -1.78. The summed E-state index contributed by atoms with van der Waals surface area (Å²) in [4.78, 5) is 28.3. The Kier molecular flexibility index (Phi) is 8.05. The molecule has 8 rings (SSSR count). The lowest BCUT2D eigenvalue weighted by molar-refractivity contribution is 0.0122. The summed E-state index contributed by atoms with van der Waals surface area (Å²) in [7, 11) is 0. The van der Waals surface area contributed by atoms with Crippen molar-refractivity contribution in [3.63, 3.8) is 0 Å². The quantitative estimate of drug-likeness (QED) is 0.159. The number of piperazine rings is 1. The Morgan fingerprint density at radius 2 is 1.82 bits per heavy atom. The van der Waals surface area contributed by atoms with Gasteiger partial charge in [-0.05, 0) is 76.1 Å². The molecule has 4 aliphatic heterocycles. The second kappa shape index (κ2) is 12.3. The van der Waals surface area contributed by atoms with Gasteiger partial charge in [0.05, 0.1) is 28.7 Å². The number of anilines is 1. The van der Waals surface area contributed by atoms with Gasteiger partial charge in [-0.2, -0.15) is 9.97 Å². The molecule has 0 spiro atoms. The Labute approximate surface area is 293 Å². The number of terminal acetylenes is 1. The molecule has 4 atom stereocenters. The maximum atomic E-state index is 17.0. The highest BCUT2D eigenvalue weighted by atomic mass is 19.1. The van der Waals surface area contributed by atoms with Crippen LogP contribution >= 0.6 is 0 Å². The van der Waals surface area contributed by atoms with E-state index in [9.17, 15) is 13.6 Å². The minimum absolute atomic E-state index is 0.0870. The summed E-state index contributed by atoms with van der Waals surface area (Å²) >= 11 is 0. The maximum Gasteiger partial charge on any atom is 0.410 e. The van der Waals surface area contributed by atoms with Crippen molar-refractivity contribution in [1.29, 1.82) is 0 Å². The number of alkyl halides is 1. The first-order valence-electron chi connectivity index (χ1n) is 17.5. The number of ether oxygens (including phenoxy) is 2. The van der Waals surface area contributed by atoms with E-state index < -0.39 is 46.4 Å². The predicted molar refractivity (Wildman–Crippen MR) is 186 cm³/mol. The number of fused-ring (bicyclic) bond motifs is 5. The maximum absolute atomic E-state index is 17.0. The van der Waals surface area contributed by atoms with Crippen molar-refractivity contribution in [3.8, 4) is 29.5 Å². The van der Waals surface area contributed by atoms with E-state index >= 15 is 8.78 Å². The first-order valence-corrected chi connectivity index (χ1v) is 17.5. The second-order valence-corrected chi connectivity index (χ2v) is 15.3. The molecule has 12 heteroatoms. The normalized spacial score (nSPS) is 24.7. The lowest BCUT2D eigenvalue weighted by Crippen LogP contribution is -2.57. The minimum Gasteiger partial charge on any atom is -0.461 e. The summed E-state index contributed by atoms with van der Waals surface area (Å²) in [5, 5.41) is 0.856. The van der Waals surface area contributed by atoms with E-state index in [1.807, 2.05) is 25.7 Å². The summed E-state index contributed by atoms with van der Waals surface area (Å²) < 4.78 is 74.9. The first-order chi connectivity index (χ1) is 24.4. The van der Waals surface area contributed by atoms with E-state index in [0.29, 0.717) is 31.4 Å². The van der Waals surface area contributed by atoms with Gasteiger partial charge in [0.15, 0.2) is 5.82 Å². The number of carbonyl (C=O) groups is 1. The molecule has 0 N–H and O–H groups in total. The molecule has 266 valence electrons. The van der Waals surface area contributed by atoms with E-state index in [2.05, 4.69) is 15.8 Å². The Morgan fingerprint density at radius 1 is 1.06 bits per heavy atom. The van der Waals surface area contributed by atoms with Gasteiger partial charge < -0.3 is 14.4 Å². The molecule has 1 amide bonds. The molecule has 4 saturated heterocycles. The van der Waals surface area contributed by atoms with Crippen LogP contribution in [0.1, 0.15) is 58.4 Å². The van der Waals surface area contributed by atoms with Gasteiger partial charge in [-0.25, -0.2) is 22.4 Å². The third kappa shape index (κ3) is 5.70. The van der Waals surface area contributed by atoms with Gasteiger partial charge in [-0.15, -0.1) is 6.42 Å². The molecule has 4 aliphatic rings. The summed E-state index contributed by atoms with van der Waals surface area (Å²) in [6.45, 7) is 7.37. The van der Waals surface area contributed by atoms with Crippen LogP contribution in [0.15, 0.2) is 36.4 Å². The number of hydrogen-bond donors (Lipinski definition) is 0. The van der Waals surface area contributed by atoms with E-state index in [0.717, 1.165) is 32.2 Å². The van der Waals surface area contributed by atoms with Gasteiger partial charge in [-0.1, -0.05) is 30.2 Å². The van der Waals surface area contributed by atoms with Crippen LogP contribution in [0.3, 0.4) is 0 Å². The Morgan fingerprint density at radius 3 is 2.55 bits per heavy atom. The van der Waals surface area contributed by atoms with Crippen LogP contribution in [0.5, 0.6) is 6.01 Å². The average molecular weight is 702 g/mol. The molecular weight excluding hydrogens is 662 g/mol. The Balaban J connectivity index is 1.24. The van der Waals surface area contributed by atoms with E-state index in [-0.39, 0.29) is 57.9 Å². The number of hydrogen-bond acceptors (Lipinski definition) is 7. The molecule has 8 nitrogen and oxygen atoms in total. The number of aromatic nitrogens is 2. The number of halogens is 4. The summed E-state index contributed by atoms with van der Waals surface area (Å²) in [6, 6.07) is 8.24. The van der Waals surface area contributed by atoms with E-state index in [4.69, 9.17) is 20.9 Å². The van der Waals surface area contributed by atoms with E-state index in [1.165, 1.54) is 24.3 Å². The molecular formula is C39H39F4N5O3. The fourth-order valence-corrected chi connectivity index (χ4v) is 8.75. The van der Waals surface area contributed by atoms with Crippen LogP contribution in [-0.4, -0.2) is 88.0 Å². The van der Waals surface area contributed by atoms with Crippen molar-refractivity contribution in [3.05, 3.63) is 59.4 Å². The van der Waals surface area contributed by atoms with Crippen molar-refractivity contribution in [2.75, 3.05) is 37.7 Å². The van der Waals surface area contributed by atoms with Crippen LogP contribution in [0.2, 0.25) is 0 Å². The highest BCUT2D eigenvalue weighted by molar-refractivity contribution is 6.03. The topological polar surface area (TPSA) is 71.0 Å². The van der Waals surface area contributed by atoms with Gasteiger partial charge in [-0.3, -0.25) is 9.80 Å². The molecule has 0 saturated carbocycles. The van der Waals surface area contributed by atoms with Crippen molar-refractivity contribution in [1.82, 2.24) is 19.8 Å². The fraction of sp³-hybridized carbons (Fsp3) is 0.462. The average Bonchev–Trinajstić information content (AvgIpc) is 3.69. The Hall–Kier alpha value is -4.63. The summed E-state index contributed by atoms with van der Waals surface area (Å²) in [6.07, 6.45) is 7.77. The molecule has 3 aromatic carbocycles. The predicted octanol–water partition coefficient (Wildman–Crippen LogP) is 7.39. The lowest BCUT2D eigenvalue weighted by atomic mass is 9.93. The molecule has 5 heterocycles. The monoisotopic (exact) mass is 701 g/mol. The van der Waals surface area contributed by atoms with Crippen molar-refractivity contribution in [2.24, 2.45) is 0 Å². The zero-order valence-electron chi connectivity index (χ0n) is 28.8. The number of carbonyl (C=O) groups excluding carboxylic acids is 1. The van der Waals surface area contributed by atoms with Crippen molar-refractivity contribution < 1.29 is 31.8 Å². The van der Waals surface area contributed by atoms with Crippen LogP contribution in [0, 0.1) is 29.8 Å². The van der Waals surface area contributed by atoms with E-state index in [1.54, 1.807) is 17.0 Å². The van der Waals surface area contributed by atoms with Crippen LogP contribution in [-0.2, 0) is 4.74 Å². The SMILES string of the molecule is C#Cc1c(F)ccc2cccc(-c3c(F)cc4c(N5CC6CCC(C5)N6C(=O)OC(C)(C)C)nc(OC[C@@]56CCCN5C[C@H](F)C6)nc4c3F)c12. The van der Waals surface area contributed by atoms with Crippen LogP contribution < -0.4 is 9.64 Å².